The zero-order valence-corrected chi connectivity index (χ0v) is 16.3. The molecule has 0 heterocycles. The van der Waals surface area contributed by atoms with Gasteiger partial charge in [0, 0.05) is 5.02 Å². The second kappa shape index (κ2) is 7.52. The van der Waals surface area contributed by atoms with Crippen molar-refractivity contribution < 1.29 is 8.42 Å². The molecule has 3 nitrogen and oxygen atoms in total. The van der Waals surface area contributed by atoms with Crippen LogP contribution >= 0.6 is 11.6 Å². The van der Waals surface area contributed by atoms with Gasteiger partial charge in [-0.1, -0.05) is 54.1 Å². The maximum atomic E-state index is 13.4. The fourth-order valence-electron chi connectivity index (χ4n) is 2.91. The highest BCUT2D eigenvalue weighted by molar-refractivity contribution is 7.92. The van der Waals surface area contributed by atoms with Crippen LogP contribution in [0.3, 0.4) is 0 Å². The molecule has 26 heavy (non-hydrogen) atoms. The molecule has 0 fully saturated rings. The summed E-state index contributed by atoms with van der Waals surface area (Å²) in [5.74, 6) is 0. The van der Waals surface area contributed by atoms with Crippen molar-refractivity contribution in [1.82, 2.24) is 0 Å². The minimum absolute atomic E-state index is 0.166. The second-order valence-electron chi connectivity index (χ2n) is 6.26. The number of anilines is 1. The number of rotatable bonds is 5. The van der Waals surface area contributed by atoms with E-state index in [0.29, 0.717) is 10.7 Å². The van der Waals surface area contributed by atoms with Crippen LogP contribution in [0.15, 0.2) is 77.7 Å². The standard InChI is InChI=1S/C21H20ClNO2S/c1-16-12-17(2)14-19(13-16)23(15-18-8-6-7-11-21(18)22)26(24,25)20-9-4-3-5-10-20/h3-14H,15H2,1-2H3. The van der Waals surface area contributed by atoms with Gasteiger partial charge in [0.2, 0.25) is 0 Å². The summed E-state index contributed by atoms with van der Waals surface area (Å²) in [4.78, 5) is 0.256. The highest BCUT2D eigenvalue weighted by atomic mass is 35.5. The molecule has 5 heteroatoms. The van der Waals surface area contributed by atoms with Gasteiger partial charge in [-0.3, -0.25) is 4.31 Å². The molecular weight excluding hydrogens is 366 g/mol. The molecule has 0 radical (unpaired) electrons. The summed E-state index contributed by atoms with van der Waals surface area (Å²) in [6.07, 6.45) is 0. The van der Waals surface area contributed by atoms with E-state index in [1.54, 1.807) is 36.4 Å². The van der Waals surface area contributed by atoms with Crippen LogP contribution in [-0.4, -0.2) is 8.42 Å². The van der Waals surface area contributed by atoms with E-state index in [1.807, 2.05) is 50.2 Å². The average Bonchev–Trinajstić information content (AvgIpc) is 2.60. The lowest BCUT2D eigenvalue weighted by molar-refractivity contribution is 0.590. The molecule has 0 aliphatic heterocycles. The van der Waals surface area contributed by atoms with Gasteiger partial charge in [-0.05, 0) is 60.9 Å². The minimum Gasteiger partial charge on any atom is -0.262 e. The molecule has 0 bridgehead atoms. The van der Waals surface area contributed by atoms with Crippen LogP contribution in [0.1, 0.15) is 16.7 Å². The molecular formula is C21H20ClNO2S. The van der Waals surface area contributed by atoms with Gasteiger partial charge in [0.15, 0.2) is 0 Å². The van der Waals surface area contributed by atoms with Gasteiger partial charge in [-0.15, -0.1) is 0 Å². The molecule has 0 atom stereocenters. The first-order valence-electron chi connectivity index (χ1n) is 8.27. The lowest BCUT2D eigenvalue weighted by atomic mass is 10.1. The molecule has 0 aliphatic carbocycles. The quantitative estimate of drug-likeness (QED) is 0.593. The SMILES string of the molecule is Cc1cc(C)cc(N(Cc2ccccc2Cl)S(=O)(=O)c2ccccc2)c1. The highest BCUT2D eigenvalue weighted by Crippen LogP contribution is 2.29. The van der Waals surface area contributed by atoms with E-state index >= 15 is 0 Å². The normalized spacial score (nSPS) is 11.3. The average molecular weight is 386 g/mol. The van der Waals surface area contributed by atoms with Crippen molar-refractivity contribution in [1.29, 1.82) is 0 Å². The summed E-state index contributed by atoms with van der Waals surface area (Å²) >= 11 is 6.29. The first-order valence-corrected chi connectivity index (χ1v) is 10.1. The summed E-state index contributed by atoms with van der Waals surface area (Å²) < 4.78 is 28.1. The van der Waals surface area contributed by atoms with E-state index < -0.39 is 10.0 Å². The first kappa shape index (κ1) is 18.5. The van der Waals surface area contributed by atoms with E-state index in [1.165, 1.54) is 4.31 Å². The Labute approximate surface area is 159 Å². The summed E-state index contributed by atoms with van der Waals surface area (Å²) in [6.45, 7) is 4.08. The molecule has 3 aromatic rings. The summed E-state index contributed by atoms with van der Waals surface area (Å²) in [5.41, 5.74) is 3.40. The number of hydrogen-bond acceptors (Lipinski definition) is 2. The third-order valence-electron chi connectivity index (χ3n) is 4.10. The van der Waals surface area contributed by atoms with Crippen molar-refractivity contribution in [2.45, 2.75) is 25.3 Å². The van der Waals surface area contributed by atoms with Crippen molar-refractivity contribution in [3.05, 3.63) is 94.5 Å². The zero-order chi connectivity index (χ0) is 18.7. The largest absolute Gasteiger partial charge is 0.264 e. The van der Waals surface area contributed by atoms with Gasteiger partial charge in [-0.2, -0.15) is 0 Å². The number of halogens is 1. The zero-order valence-electron chi connectivity index (χ0n) is 14.7. The van der Waals surface area contributed by atoms with Crippen LogP contribution in [0, 0.1) is 13.8 Å². The summed E-state index contributed by atoms with van der Waals surface area (Å²) in [7, 11) is -3.73. The van der Waals surface area contributed by atoms with Crippen LogP contribution in [-0.2, 0) is 16.6 Å². The Balaban J connectivity index is 2.14. The van der Waals surface area contributed by atoms with Crippen molar-refractivity contribution in [2.75, 3.05) is 4.31 Å². The Hall–Kier alpha value is -2.30. The Morgan fingerprint density at radius 2 is 1.42 bits per heavy atom. The van der Waals surface area contributed by atoms with E-state index in [0.717, 1.165) is 16.7 Å². The Bertz CT molecular complexity index is 997. The van der Waals surface area contributed by atoms with Crippen LogP contribution < -0.4 is 4.31 Å². The molecule has 0 aliphatic rings. The smallest absolute Gasteiger partial charge is 0.262 e. The third kappa shape index (κ3) is 3.92. The van der Waals surface area contributed by atoms with E-state index in [9.17, 15) is 8.42 Å². The van der Waals surface area contributed by atoms with Crippen molar-refractivity contribution in [3.8, 4) is 0 Å². The monoisotopic (exact) mass is 385 g/mol. The van der Waals surface area contributed by atoms with Crippen LogP contribution in [0.25, 0.3) is 0 Å². The Kier molecular flexibility index (Phi) is 5.35. The van der Waals surface area contributed by atoms with Gasteiger partial charge in [0.05, 0.1) is 17.1 Å². The molecule has 0 N–H and O–H groups in total. The molecule has 0 saturated heterocycles. The minimum atomic E-state index is -3.73. The highest BCUT2D eigenvalue weighted by Gasteiger charge is 2.26. The number of hydrogen-bond donors (Lipinski definition) is 0. The molecule has 0 saturated carbocycles. The molecule has 0 spiro atoms. The molecule has 0 unspecified atom stereocenters. The first-order chi connectivity index (χ1) is 12.4. The van der Waals surface area contributed by atoms with Gasteiger partial charge in [0.1, 0.15) is 0 Å². The summed E-state index contributed by atoms with van der Waals surface area (Å²) in [5, 5.41) is 0.546. The lowest BCUT2D eigenvalue weighted by Crippen LogP contribution is -2.30. The van der Waals surface area contributed by atoms with E-state index in [2.05, 4.69) is 0 Å². The maximum absolute atomic E-state index is 13.4. The molecule has 0 aromatic heterocycles. The van der Waals surface area contributed by atoms with Crippen LogP contribution in [0.5, 0.6) is 0 Å². The number of benzene rings is 3. The predicted molar refractivity (Wildman–Crippen MR) is 107 cm³/mol. The van der Waals surface area contributed by atoms with Crippen molar-refractivity contribution in [2.24, 2.45) is 0 Å². The van der Waals surface area contributed by atoms with Crippen LogP contribution in [0.4, 0.5) is 5.69 Å². The Morgan fingerprint density at radius 1 is 0.846 bits per heavy atom. The van der Waals surface area contributed by atoms with E-state index in [-0.39, 0.29) is 11.4 Å². The fraction of sp³-hybridized carbons (Fsp3) is 0.143. The van der Waals surface area contributed by atoms with Crippen molar-refractivity contribution >= 4 is 27.3 Å². The Morgan fingerprint density at radius 3 is 2.04 bits per heavy atom. The molecule has 3 rings (SSSR count). The van der Waals surface area contributed by atoms with Gasteiger partial charge >= 0.3 is 0 Å². The third-order valence-corrected chi connectivity index (χ3v) is 6.25. The summed E-state index contributed by atoms with van der Waals surface area (Å²) in [6, 6.07) is 21.5. The second-order valence-corrected chi connectivity index (χ2v) is 8.53. The van der Waals surface area contributed by atoms with Crippen molar-refractivity contribution in [3.63, 3.8) is 0 Å². The van der Waals surface area contributed by atoms with Gasteiger partial charge in [0.25, 0.3) is 10.0 Å². The van der Waals surface area contributed by atoms with Gasteiger partial charge in [-0.25, -0.2) is 8.42 Å². The number of sulfonamides is 1. The molecule has 3 aromatic carbocycles. The van der Waals surface area contributed by atoms with Gasteiger partial charge < -0.3 is 0 Å². The number of aryl methyl sites for hydroxylation is 2. The predicted octanol–water partition coefficient (Wildman–Crippen LogP) is 5.35. The molecule has 134 valence electrons. The lowest BCUT2D eigenvalue weighted by Gasteiger charge is -2.26. The topological polar surface area (TPSA) is 37.4 Å². The van der Waals surface area contributed by atoms with Crippen LogP contribution in [0.2, 0.25) is 5.02 Å². The number of nitrogens with zero attached hydrogens (tertiary/aromatic N) is 1. The molecule has 0 amide bonds. The fourth-order valence-corrected chi connectivity index (χ4v) is 4.55. The van der Waals surface area contributed by atoms with E-state index in [4.69, 9.17) is 11.6 Å². The maximum Gasteiger partial charge on any atom is 0.264 e.